The van der Waals surface area contributed by atoms with Gasteiger partial charge in [-0.15, -0.1) is 26.3 Å². The summed E-state index contributed by atoms with van der Waals surface area (Å²) in [7, 11) is -1.11. The predicted octanol–water partition coefficient (Wildman–Crippen LogP) is 3.75. The van der Waals surface area contributed by atoms with Gasteiger partial charge >= 0.3 is 0 Å². The van der Waals surface area contributed by atoms with Crippen LogP contribution in [0.2, 0.25) is 0 Å². The lowest BCUT2D eigenvalue weighted by molar-refractivity contribution is 0.0745. The molecule has 1 atom stereocenters. The van der Waals surface area contributed by atoms with Gasteiger partial charge in [0, 0.05) is 49.9 Å². The monoisotopic (exact) mass is 530 g/mol. The minimum Gasteiger partial charge on any atom is -0.378 e. The molecule has 2 aromatic carbocycles. The molecule has 2 heterocycles. The predicted molar refractivity (Wildman–Crippen MR) is 154 cm³/mol. The molecule has 9 heteroatoms. The summed E-state index contributed by atoms with van der Waals surface area (Å²) in [5.41, 5.74) is 2.76. The van der Waals surface area contributed by atoms with Crippen LogP contribution in [0.15, 0.2) is 67.6 Å². The van der Waals surface area contributed by atoms with E-state index in [0.717, 1.165) is 11.3 Å². The van der Waals surface area contributed by atoms with Crippen molar-refractivity contribution in [1.82, 2.24) is 9.62 Å². The molecule has 0 spiro atoms. The minimum atomic E-state index is -2.70. The summed E-state index contributed by atoms with van der Waals surface area (Å²) in [6, 6.07) is 10.5. The van der Waals surface area contributed by atoms with Crippen molar-refractivity contribution in [1.29, 1.82) is 0 Å². The zero-order valence-corrected chi connectivity index (χ0v) is 22.8. The van der Waals surface area contributed by atoms with Crippen LogP contribution in [0.25, 0.3) is 0 Å². The Morgan fingerprint density at radius 3 is 2.05 bits per heavy atom. The number of halogens is 1. The van der Waals surface area contributed by atoms with Crippen molar-refractivity contribution >= 4 is 32.9 Å². The fourth-order valence-electron chi connectivity index (χ4n) is 4.28. The summed E-state index contributed by atoms with van der Waals surface area (Å²) in [6.07, 6.45) is 0. The van der Waals surface area contributed by atoms with Crippen molar-refractivity contribution in [2.45, 2.75) is 11.8 Å². The normalized spacial score (nSPS) is 17.0. The molecule has 0 aliphatic carbocycles. The third-order valence-electron chi connectivity index (χ3n) is 6.27. The zero-order valence-electron chi connectivity index (χ0n) is 22.0. The first kappa shape index (κ1) is 30.1. The first-order valence-electron chi connectivity index (χ1n) is 12.1. The highest BCUT2D eigenvalue weighted by atomic mass is 32.2. The largest absolute Gasteiger partial charge is 0.378 e. The van der Waals surface area contributed by atoms with Crippen LogP contribution in [0.3, 0.4) is 0 Å². The Labute approximate surface area is 221 Å². The number of ether oxygens (including phenoxy) is 1. The van der Waals surface area contributed by atoms with E-state index in [1.54, 1.807) is 30.1 Å². The van der Waals surface area contributed by atoms with Gasteiger partial charge in [-0.05, 0) is 55.7 Å². The summed E-state index contributed by atoms with van der Waals surface area (Å²) in [4.78, 5) is 20.0. The molecule has 1 amide bonds. The summed E-state index contributed by atoms with van der Waals surface area (Å²) >= 11 is 0. The maximum atomic E-state index is 14.4. The third-order valence-corrected chi connectivity index (χ3v) is 7.95. The number of nitrogens with one attached hydrogen (secondary N) is 1. The van der Waals surface area contributed by atoms with Gasteiger partial charge in [0.25, 0.3) is 5.91 Å². The van der Waals surface area contributed by atoms with Crippen LogP contribution in [0.4, 0.5) is 15.8 Å². The van der Waals surface area contributed by atoms with Crippen molar-refractivity contribution in [3.8, 4) is 0 Å². The summed E-state index contributed by atoms with van der Waals surface area (Å²) in [5.74, 6) is 3.43. The number of anilines is 2. The van der Waals surface area contributed by atoms with E-state index in [1.807, 2.05) is 24.0 Å². The Morgan fingerprint density at radius 1 is 0.919 bits per heavy atom. The van der Waals surface area contributed by atoms with Crippen molar-refractivity contribution in [3.05, 3.63) is 79.7 Å². The zero-order chi connectivity index (χ0) is 27.6. The highest BCUT2D eigenvalue weighted by molar-refractivity contribution is 7.98. The molecule has 2 saturated heterocycles. The van der Waals surface area contributed by atoms with Gasteiger partial charge in [-0.1, -0.05) is 6.07 Å². The molecule has 202 valence electrons. The van der Waals surface area contributed by atoms with E-state index in [9.17, 15) is 13.4 Å². The Kier molecular flexibility index (Phi) is 11.4. The van der Waals surface area contributed by atoms with E-state index in [-0.39, 0.29) is 11.7 Å². The number of hydrogen-bond donors (Lipinski definition) is 1. The highest BCUT2D eigenvalue weighted by Crippen LogP contribution is 2.28. The lowest BCUT2D eigenvalue weighted by atomic mass is 10.1. The van der Waals surface area contributed by atoms with Gasteiger partial charge in [0.15, 0.2) is 0 Å². The number of morpholine rings is 1. The van der Waals surface area contributed by atoms with E-state index >= 15 is 0 Å². The Bertz CT molecular complexity index is 1160. The van der Waals surface area contributed by atoms with Crippen LogP contribution < -0.4 is 14.5 Å². The number of hydrogen-bond acceptors (Lipinski definition) is 5. The molecule has 2 fully saturated rings. The molecule has 2 aromatic rings. The standard InChI is InChI=1S/C24H31FN4O3S.2C2H4/c1-18-4-6-23(21(25)16-18)27-8-10-29(11-9-27)24(30)20-17-19(33(3,31)26-2)5-7-22(20)28-12-14-32-15-13-28;2*1-2/h4-7,16-17H,3,8-15H2,1-2H3,(H,26,31);2*1-2H2. The van der Waals surface area contributed by atoms with Crippen molar-refractivity contribution in [3.63, 3.8) is 0 Å². The maximum Gasteiger partial charge on any atom is 0.256 e. The Hall–Kier alpha value is -3.14. The van der Waals surface area contributed by atoms with Crippen LogP contribution >= 0.6 is 0 Å². The average molecular weight is 531 g/mol. The summed E-state index contributed by atoms with van der Waals surface area (Å²) in [5, 5.41) is 0. The fourth-order valence-corrected chi connectivity index (χ4v) is 5.11. The van der Waals surface area contributed by atoms with Crippen LogP contribution in [0.5, 0.6) is 0 Å². The van der Waals surface area contributed by atoms with Gasteiger partial charge < -0.3 is 19.4 Å². The molecule has 1 N–H and O–H groups in total. The van der Waals surface area contributed by atoms with Crippen molar-refractivity contribution in [2.75, 3.05) is 69.3 Å². The first-order chi connectivity index (χ1) is 17.8. The van der Waals surface area contributed by atoms with Gasteiger partial charge in [-0.25, -0.2) is 13.3 Å². The number of piperazine rings is 1. The van der Waals surface area contributed by atoms with Gasteiger partial charge in [-0.3, -0.25) is 4.79 Å². The molecule has 2 aliphatic rings. The second-order valence-corrected chi connectivity index (χ2v) is 10.6. The number of benzene rings is 2. The first-order valence-corrected chi connectivity index (χ1v) is 13.9. The Morgan fingerprint density at radius 2 is 1.49 bits per heavy atom. The van der Waals surface area contributed by atoms with Crippen molar-refractivity contribution in [2.24, 2.45) is 0 Å². The van der Waals surface area contributed by atoms with Crippen LogP contribution in [0.1, 0.15) is 15.9 Å². The van der Waals surface area contributed by atoms with E-state index in [0.29, 0.717) is 68.6 Å². The van der Waals surface area contributed by atoms with Gasteiger partial charge in [0.2, 0.25) is 0 Å². The van der Waals surface area contributed by atoms with Gasteiger partial charge in [0.1, 0.15) is 5.82 Å². The van der Waals surface area contributed by atoms with Gasteiger partial charge in [-0.2, -0.15) is 0 Å². The minimum absolute atomic E-state index is 0.117. The topological polar surface area (TPSA) is 65.1 Å². The average Bonchev–Trinajstić information content (AvgIpc) is 2.95. The molecule has 7 nitrogen and oxygen atoms in total. The number of carbonyl (C=O) groups is 1. The molecular weight excluding hydrogens is 491 g/mol. The molecular formula is C28H39FN4O3S. The maximum absolute atomic E-state index is 14.4. The van der Waals surface area contributed by atoms with E-state index < -0.39 is 9.71 Å². The number of carbonyl (C=O) groups excluding carboxylic acids is 1. The summed E-state index contributed by atoms with van der Waals surface area (Å²) in [6.45, 7) is 18.5. The molecule has 2 aliphatic heterocycles. The number of amides is 1. The van der Waals surface area contributed by atoms with Crippen LogP contribution in [-0.4, -0.2) is 80.4 Å². The quantitative estimate of drug-likeness (QED) is 0.471. The SMILES string of the molecule is C=C.C=C.C=S(=O)(NC)c1ccc(N2CCOCC2)c(C(=O)N2CCN(c3ccc(C)cc3F)CC2)c1. The Balaban J connectivity index is 0.00000115. The van der Waals surface area contributed by atoms with Crippen LogP contribution in [0, 0.1) is 12.7 Å². The molecule has 4 rings (SSSR count). The van der Waals surface area contributed by atoms with Crippen LogP contribution in [-0.2, 0) is 14.4 Å². The van der Waals surface area contributed by atoms with E-state index in [2.05, 4.69) is 41.8 Å². The smallest absolute Gasteiger partial charge is 0.256 e. The molecule has 1 unspecified atom stereocenters. The number of aryl methyl sites for hydroxylation is 1. The lowest BCUT2D eigenvalue weighted by Crippen LogP contribution is -2.49. The molecule has 37 heavy (non-hydrogen) atoms. The third kappa shape index (κ3) is 7.21. The molecule has 0 radical (unpaired) electrons. The molecule has 0 saturated carbocycles. The van der Waals surface area contributed by atoms with Gasteiger partial charge in [0.05, 0.1) is 34.2 Å². The number of rotatable bonds is 5. The van der Waals surface area contributed by atoms with E-state index in [4.69, 9.17) is 4.74 Å². The molecule has 0 bridgehead atoms. The van der Waals surface area contributed by atoms with E-state index in [1.165, 1.54) is 6.07 Å². The molecule has 0 aromatic heterocycles. The second kappa shape index (κ2) is 14.0. The fraction of sp³-hybridized carbons (Fsp3) is 0.357. The highest BCUT2D eigenvalue weighted by Gasteiger charge is 2.28. The number of nitrogens with zero attached hydrogens (tertiary/aromatic N) is 3. The second-order valence-electron chi connectivity index (χ2n) is 8.39. The van der Waals surface area contributed by atoms with Crippen molar-refractivity contribution < 1.29 is 18.1 Å². The summed E-state index contributed by atoms with van der Waals surface area (Å²) < 4.78 is 35.5. The lowest BCUT2D eigenvalue weighted by Gasteiger charge is -2.37.